The SMILES string of the molecule is Cn1nccc1C(=O)N1CCC[C@H](c2nc(-c3cccs3)cc(=O)[nH]2)C1. The molecule has 3 aromatic rings. The van der Waals surface area contributed by atoms with Crippen LogP contribution in [0.2, 0.25) is 0 Å². The van der Waals surface area contributed by atoms with Crippen LogP contribution in [0.4, 0.5) is 0 Å². The van der Waals surface area contributed by atoms with E-state index in [2.05, 4.69) is 15.1 Å². The van der Waals surface area contributed by atoms with Crippen molar-refractivity contribution in [2.45, 2.75) is 18.8 Å². The Bertz CT molecular complexity index is 976. The van der Waals surface area contributed by atoms with Gasteiger partial charge in [-0.05, 0) is 30.4 Å². The summed E-state index contributed by atoms with van der Waals surface area (Å²) in [4.78, 5) is 35.2. The lowest BCUT2D eigenvalue weighted by molar-refractivity contribution is 0.0693. The van der Waals surface area contributed by atoms with E-state index in [1.807, 2.05) is 22.4 Å². The van der Waals surface area contributed by atoms with Gasteiger partial charge in [-0.15, -0.1) is 11.3 Å². The summed E-state index contributed by atoms with van der Waals surface area (Å²) in [5.74, 6) is 0.642. The smallest absolute Gasteiger partial charge is 0.272 e. The van der Waals surface area contributed by atoms with Crippen LogP contribution in [0.15, 0.2) is 40.6 Å². The molecule has 1 saturated heterocycles. The van der Waals surface area contributed by atoms with Gasteiger partial charge in [0.2, 0.25) is 0 Å². The average molecular weight is 369 g/mol. The molecule has 1 fully saturated rings. The van der Waals surface area contributed by atoms with Crippen LogP contribution in [0, 0.1) is 0 Å². The predicted octanol–water partition coefficient (Wildman–Crippen LogP) is 2.25. The third-order valence-corrected chi connectivity index (χ3v) is 5.56. The number of nitrogens with one attached hydrogen (secondary N) is 1. The number of hydrogen-bond donors (Lipinski definition) is 1. The van der Waals surface area contributed by atoms with Crippen molar-refractivity contribution in [3.8, 4) is 10.6 Å². The van der Waals surface area contributed by atoms with Gasteiger partial charge < -0.3 is 9.88 Å². The largest absolute Gasteiger partial charge is 0.337 e. The number of amides is 1. The Morgan fingerprint density at radius 1 is 1.38 bits per heavy atom. The summed E-state index contributed by atoms with van der Waals surface area (Å²) in [6, 6.07) is 7.15. The van der Waals surface area contributed by atoms with Crippen LogP contribution >= 0.6 is 11.3 Å². The van der Waals surface area contributed by atoms with Crippen molar-refractivity contribution in [3.05, 3.63) is 57.7 Å². The topological polar surface area (TPSA) is 83.9 Å². The molecule has 4 heterocycles. The highest BCUT2D eigenvalue weighted by atomic mass is 32.1. The van der Waals surface area contributed by atoms with E-state index in [0.717, 1.165) is 17.7 Å². The van der Waals surface area contributed by atoms with Gasteiger partial charge >= 0.3 is 0 Å². The van der Waals surface area contributed by atoms with E-state index in [1.165, 1.54) is 6.07 Å². The molecule has 1 atom stereocenters. The first-order valence-corrected chi connectivity index (χ1v) is 9.42. The normalized spacial score (nSPS) is 17.4. The van der Waals surface area contributed by atoms with Crippen LogP contribution in [0.1, 0.15) is 35.1 Å². The second-order valence-corrected chi connectivity index (χ2v) is 7.37. The van der Waals surface area contributed by atoms with E-state index in [1.54, 1.807) is 35.3 Å². The van der Waals surface area contributed by atoms with Crippen LogP contribution in [-0.4, -0.2) is 43.6 Å². The Kier molecular flexibility index (Phi) is 4.42. The number of thiophene rings is 1. The van der Waals surface area contributed by atoms with E-state index in [0.29, 0.717) is 30.3 Å². The molecule has 0 aromatic carbocycles. The van der Waals surface area contributed by atoms with Crippen LogP contribution in [0.5, 0.6) is 0 Å². The molecule has 1 aliphatic heterocycles. The maximum Gasteiger partial charge on any atom is 0.272 e. The van der Waals surface area contributed by atoms with Crippen molar-refractivity contribution in [2.75, 3.05) is 13.1 Å². The highest BCUT2D eigenvalue weighted by Crippen LogP contribution is 2.27. The zero-order valence-electron chi connectivity index (χ0n) is 14.4. The summed E-state index contributed by atoms with van der Waals surface area (Å²) in [5.41, 5.74) is 1.10. The minimum Gasteiger partial charge on any atom is -0.337 e. The summed E-state index contributed by atoms with van der Waals surface area (Å²) >= 11 is 1.56. The molecule has 0 aliphatic carbocycles. The molecule has 7 nitrogen and oxygen atoms in total. The van der Waals surface area contributed by atoms with Crippen molar-refractivity contribution in [1.29, 1.82) is 0 Å². The third kappa shape index (κ3) is 3.20. The van der Waals surface area contributed by atoms with Crippen molar-refractivity contribution in [2.24, 2.45) is 7.05 Å². The van der Waals surface area contributed by atoms with Crippen LogP contribution in [-0.2, 0) is 7.05 Å². The summed E-state index contributed by atoms with van der Waals surface area (Å²) in [7, 11) is 1.76. The maximum atomic E-state index is 12.8. The average Bonchev–Trinajstić information content (AvgIpc) is 3.32. The lowest BCUT2D eigenvalue weighted by Crippen LogP contribution is -2.40. The Morgan fingerprint density at radius 2 is 2.27 bits per heavy atom. The van der Waals surface area contributed by atoms with Crippen molar-refractivity contribution < 1.29 is 4.79 Å². The van der Waals surface area contributed by atoms with Crippen LogP contribution in [0.25, 0.3) is 10.6 Å². The monoisotopic (exact) mass is 369 g/mol. The highest BCUT2D eigenvalue weighted by Gasteiger charge is 2.28. The molecule has 1 aliphatic rings. The molecule has 8 heteroatoms. The Hall–Kier alpha value is -2.74. The standard InChI is InChI=1S/C18H19N5O2S/c1-22-14(6-7-19-22)18(25)23-8-2-4-12(11-23)17-20-13(10-16(24)21-17)15-5-3-9-26-15/h3,5-7,9-10,12H,2,4,8,11H2,1H3,(H,20,21,24)/t12-/m0/s1. The molecule has 4 rings (SSSR count). The van der Waals surface area contributed by atoms with E-state index in [9.17, 15) is 9.59 Å². The summed E-state index contributed by atoms with van der Waals surface area (Å²) in [6.45, 7) is 1.25. The lowest BCUT2D eigenvalue weighted by atomic mass is 9.96. The number of rotatable bonds is 3. The zero-order valence-corrected chi connectivity index (χ0v) is 15.2. The molecule has 134 valence electrons. The molecule has 0 saturated carbocycles. The number of aryl methyl sites for hydroxylation is 1. The molecule has 3 aromatic heterocycles. The van der Waals surface area contributed by atoms with Gasteiger partial charge in [0.05, 0.1) is 10.6 Å². The van der Waals surface area contributed by atoms with E-state index < -0.39 is 0 Å². The maximum absolute atomic E-state index is 12.8. The summed E-state index contributed by atoms with van der Waals surface area (Å²) < 4.78 is 1.59. The number of piperidine rings is 1. The van der Waals surface area contributed by atoms with Gasteiger partial charge in [0.25, 0.3) is 11.5 Å². The minimum absolute atomic E-state index is 0.0218. The predicted molar refractivity (Wildman–Crippen MR) is 99.3 cm³/mol. The van der Waals surface area contributed by atoms with Gasteiger partial charge in [-0.2, -0.15) is 5.10 Å². The van der Waals surface area contributed by atoms with E-state index in [4.69, 9.17) is 0 Å². The van der Waals surface area contributed by atoms with Gasteiger partial charge in [-0.3, -0.25) is 14.3 Å². The fourth-order valence-corrected chi connectivity index (χ4v) is 4.04. The molecule has 0 radical (unpaired) electrons. The number of aromatic amines is 1. The Balaban J connectivity index is 1.59. The molecule has 1 N–H and O–H groups in total. The number of H-pyrrole nitrogens is 1. The van der Waals surface area contributed by atoms with Crippen molar-refractivity contribution in [3.63, 3.8) is 0 Å². The molecular weight excluding hydrogens is 350 g/mol. The highest BCUT2D eigenvalue weighted by molar-refractivity contribution is 7.13. The summed E-state index contributed by atoms with van der Waals surface area (Å²) in [6.07, 6.45) is 3.39. The number of carbonyl (C=O) groups excluding carboxylic acids is 1. The second-order valence-electron chi connectivity index (χ2n) is 6.42. The fraction of sp³-hybridized carbons (Fsp3) is 0.333. The number of hydrogen-bond acceptors (Lipinski definition) is 5. The number of aromatic nitrogens is 4. The van der Waals surface area contributed by atoms with E-state index >= 15 is 0 Å². The fourth-order valence-electron chi connectivity index (χ4n) is 3.35. The first-order valence-electron chi connectivity index (χ1n) is 8.54. The lowest BCUT2D eigenvalue weighted by Gasteiger charge is -2.32. The summed E-state index contributed by atoms with van der Waals surface area (Å²) in [5, 5.41) is 6.04. The third-order valence-electron chi connectivity index (χ3n) is 4.67. The number of carbonyl (C=O) groups is 1. The molecule has 26 heavy (non-hydrogen) atoms. The van der Waals surface area contributed by atoms with Gasteiger partial charge in [0.1, 0.15) is 11.5 Å². The van der Waals surface area contributed by atoms with Gasteiger partial charge in [0.15, 0.2) is 0 Å². The minimum atomic E-state index is -0.159. The molecule has 1 amide bonds. The van der Waals surface area contributed by atoms with Gasteiger partial charge in [-0.25, -0.2) is 4.98 Å². The first-order chi connectivity index (χ1) is 12.6. The zero-order chi connectivity index (χ0) is 18.1. The van der Waals surface area contributed by atoms with E-state index in [-0.39, 0.29) is 17.4 Å². The van der Waals surface area contributed by atoms with Crippen molar-refractivity contribution >= 4 is 17.2 Å². The second kappa shape index (κ2) is 6.87. The number of nitrogens with zero attached hydrogens (tertiary/aromatic N) is 4. The van der Waals surface area contributed by atoms with Crippen LogP contribution < -0.4 is 5.56 Å². The van der Waals surface area contributed by atoms with Gasteiger partial charge in [0, 0.05) is 38.3 Å². The number of likely N-dealkylation sites (tertiary alicyclic amines) is 1. The Labute approximate surface area is 154 Å². The molecular formula is C18H19N5O2S. The molecule has 0 spiro atoms. The van der Waals surface area contributed by atoms with Crippen LogP contribution in [0.3, 0.4) is 0 Å². The Morgan fingerprint density at radius 3 is 3.00 bits per heavy atom. The van der Waals surface area contributed by atoms with Gasteiger partial charge in [-0.1, -0.05) is 6.07 Å². The quantitative estimate of drug-likeness (QED) is 0.767. The molecule has 0 unspecified atom stereocenters. The molecule has 0 bridgehead atoms. The first kappa shape index (κ1) is 16.7. The van der Waals surface area contributed by atoms with Crippen molar-refractivity contribution in [1.82, 2.24) is 24.6 Å².